The summed E-state index contributed by atoms with van der Waals surface area (Å²) in [6.45, 7) is 0. The van der Waals surface area contributed by atoms with Crippen molar-refractivity contribution in [1.82, 2.24) is 0 Å². The molecule has 2 saturated carbocycles. The van der Waals surface area contributed by atoms with Crippen LogP contribution in [-0.4, -0.2) is 12.3 Å². The number of aldehydes is 1. The molecule has 0 bridgehead atoms. The van der Waals surface area contributed by atoms with E-state index in [-0.39, 0.29) is 12.0 Å². The minimum atomic E-state index is 0.150. The zero-order chi connectivity index (χ0) is 9.26. The topological polar surface area (TPSA) is 43.1 Å². The number of hydrogen-bond donors (Lipinski definition) is 1. The second kappa shape index (κ2) is 3.79. The first-order valence-electron chi connectivity index (χ1n) is 5.52. The van der Waals surface area contributed by atoms with Crippen LogP contribution in [0.25, 0.3) is 0 Å². The van der Waals surface area contributed by atoms with E-state index in [2.05, 4.69) is 0 Å². The molecule has 2 rings (SSSR count). The van der Waals surface area contributed by atoms with E-state index in [0.717, 1.165) is 31.0 Å². The highest BCUT2D eigenvalue weighted by Gasteiger charge is 2.36. The van der Waals surface area contributed by atoms with Gasteiger partial charge in [-0.1, -0.05) is 25.7 Å². The molecule has 0 radical (unpaired) electrons. The predicted octanol–water partition coefficient (Wildman–Crippen LogP) is 1.73. The van der Waals surface area contributed by atoms with Crippen molar-refractivity contribution >= 4 is 6.29 Å². The molecular formula is C11H19NO. The highest BCUT2D eigenvalue weighted by molar-refractivity contribution is 5.55. The van der Waals surface area contributed by atoms with Crippen molar-refractivity contribution in [2.45, 2.75) is 44.6 Å². The van der Waals surface area contributed by atoms with Crippen molar-refractivity contribution in [3.8, 4) is 0 Å². The maximum absolute atomic E-state index is 10.8. The van der Waals surface area contributed by atoms with Crippen LogP contribution in [-0.2, 0) is 4.79 Å². The average molecular weight is 181 g/mol. The van der Waals surface area contributed by atoms with Crippen molar-refractivity contribution in [2.75, 3.05) is 0 Å². The molecule has 0 aromatic carbocycles. The third kappa shape index (κ3) is 1.78. The molecule has 2 N–H and O–H groups in total. The number of fused-ring (bicyclic) bond motifs is 1. The monoisotopic (exact) mass is 181 g/mol. The first-order chi connectivity index (χ1) is 6.31. The van der Waals surface area contributed by atoms with Crippen LogP contribution in [0.4, 0.5) is 0 Å². The Morgan fingerprint density at radius 1 is 1.08 bits per heavy atom. The molecule has 0 saturated heterocycles. The summed E-state index contributed by atoms with van der Waals surface area (Å²) in [5, 5.41) is 0. The number of carbonyl (C=O) groups excluding carboxylic acids is 1. The van der Waals surface area contributed by atoms with Crippen molar-refractivity contribution in [1.29, 1.82) is 0 Å². The summed E-state index contributed by atoms with van der Waals surface area (Å²) in [6, 6.07) is 0.150. The molecule has 0 aromatic heterocycles. The van der Waals surface area contributed by atoms with Gasteiger partial charge in [0.05, 0.1) is 0 Å². The van der Waals surface area contributed by atoms with Crippen LogP contribution in [0.3, 0.4) is 0 Å². The van der Waals surface area contributed by atoms with Crippen molar-refractivity contribution in [3.63, 3.8) is 0 Å². The van der Waals surface area contributed by atoms with E-state index >= 15 is 0 Å². The highest BCUT2D eigenvalue weighted by atomic mass is 16.1. The lowest BCUT2D eigenvalue weighted by atomic mass is 9.66. The Morgan fingerprint density at radius 2 is 1.69 bits per heavy atom. The molecule has 2 nitrogen and oxygen atoms in total. The first-order valence-corrected chi connectivity index (χ1v) is 5.52. The van der Waals surface area contributed by atoms with Gasteiger partial charge in [0.1, 0.15) is 6.29 Å². The minimum absolute atomic E-state index is 0.150. The normalized spacial score (nSPS) is 45.3. The number of carbonyl (C=O) groups is 1. The van der Waals surface area contributed by atoms with Crippen molar-refractivity contribution in [2.24, 2.45) is 23.5 Å². The van der Waals surface area contributed by atoms with Crippen LogP contribution in [0, 0.1) is 17.8 Å². The summed E-state index contributed by atoms with van der Waals surface area (Å²) < 4.78 is 0. The summed E-state index contributed by atoms with van der Waals surface area (Å²) >= 11 is 0. The van der Waals surface area contributed by atoms with E-state index in [9.17, 15) is 4.79 Å². The molecule has 4 unspecified atom stereocenters. The Balaban J connectivity index is 2.00. The second-order valence-corrected chi connectivity index (χ2v) is 4.74. The van der Waals surface area contributed by atoms with Crippen LogP contribution in [0.1, 0.15) is 38.5 Å². The van der Waals surface area contributed by atoms with Crippen LogP contribution in [0.5, 0.6) is 0 Å². The van der Waals surface area contributed by atoms with Gasteiger partial charge in [0.25, 0.3) is 0 Å². The fourth-order valence-corrected chi connectivity index (χ4v) is 3.11. The van der Waals surface area contributed by atoms with Crippen LogP contribution >= 0.6 is 0 Å². The number of hydrogen-bond acceptors (Lipinski definition) is 2. The van der Waals surface area contributed by atoms with Gasteiger partial charge in [-0.15, -0.1) is 0 Å². The quantitative estimate of drug-likeness (QED) is 0.626. The van der Waals surface area contributed by atoms with E-state index in [0.29, 0.717) is 0 Å². The molecule has 2 aliphatic rings. The second-order valence-electron chi connectivity index (χ2n) is 4.74. The van der Waals surface area contributed by atoms with E-state index in [1.165, 1.54) is 25.7 Å². The van der Waals surface area contributed by atoms with Crippen molar-refractivity contribution in [3.05, 3.63) is 0 Å². The Hall–Kier alpha value is -0.370. The van der Waals surface area contributed by atoms with Gasteiger partial charge in [0, 0.05) is 12.0 Å². The smallest absolute Gasteiger partial charge is 0.124 e. The van der Waals surface area contributed by atoms with Gasteiger partial charge in [0.2, 0.25) is 0 Å². The van der Waals surface area contributed by atoms with Gasteiger partial charge < -0.3 is 10.5 Å². The molecule has 74 valence electrons. The van der Waals surface area contributed by atoms with Crippen molar-refractivity contribution < 1.29 is 4.79 Å². The molecule has 0 aliphatic heterocycles. The molecule has 0 aromatic rings. The van der Waals surface area contributed by atoms with Crippen LogP contribution in [0.15, 0.2) is 0 Å². The standard InChI is InChI=1S/C11H19NO/c12-11-6-9-4-2-1-3-8(9)5-10(11)7-13/h7-11H,1-6,12H2. The lowest BCUT2D eigenvalue weighted by Crippen LogP contribution is -2.42. The summed E-state index contributed by atoms with van der Waals surface area (Å²) in [5.41, 5.74) is 5.97. The van der Waals surface area contributed by atoms with Crippen LogP contribution in [0.2, 0.25) is 0 Å². The number of nitrogens with two attached hydrogens (primary N) is 1. The number of rotatable bonds is 1. The third-order valence-electron chi connectivity index (χ3n) is 3.94. The SMILES string of the molecule is NC1CC2CCCCC2CC1C=O. The summed E-state index contributed by atoms with van der Waals surface area (Å²) in [6.07, 6.45) is 8.66. The van der Waals surface area contributed by atoms with Gasteiger partial charge in [-0.05, 0) is 24.7 Å². The van der Waals surface area contributed by atoms with Gasteiger partial charge in [-0.2, -0.15) is 0 Å². The van der Waals surface area contributed by atoms with Gasteiger partial charge in [-0.3, -0.25) is 0 Å². The lowest BCUT2D eigenvalue weighted by Gasteiger charge is -2.40. The molecule has 2 heteroatoms. The molecule has 13 heavy (non-hydrogen) atoms. The average Bonchev–Trinajstić information content (AvgIpc) is 2.17. The maximum Gasteiger partial charge on any atom is 0.124 e. The fraction of sp³-hybridized carbons (Fsp3) is 0.909. The molecule has 4 atom stereocenters. The van der Waals surface area contributed by atoms with E-state index in [4.69, 9.17) is 5.73 Å². The molecule has 2 fully saturated rings. The zero-order valence-corrected chi connectivity index (χ0v) is 8.11. The Morgan fingerprint density at radius 3 is 2.31 bits per heavy atom. The Labute approximate surface area is 79.9 Å². The molecular weight excluding hydrogens is 162 g/mol. The summed E-state index contributed by atoms with van der Waals surface area (Å²) in [5.74, 6) is 1.79. The predicted molar refractivity (Wildman–Crippen MR) is 52.2 cm³/mol. The zero-order valence-electron chi connectivity index (χ0n) is 8.11. The van der Waals surface area contributed by atoms with Gasteiger partial charge >= 0.3 is 0 Å². The van der Waals surface area contributed by atoms with Gasteiger partial charge in [-0.25, -0.2) is 0 Å². The molecule has 2 aliphatic carbocycles. The third-order valence-corrected chi connectivity index (χ3v) is 3.94. The molecule has 0 amide bonds. The van der Waals surface area contributed by atoms with Crippen LogP contribution < -0.4 is 5.73 Å². The Kier molecular flexibility index (Phi) is 2.68. The van der Waals surface area contributed by atoms with E-state index in [1.807, 2.05) is 0 Å². The highest BCUT2D eigenvalue weighted by Crippen LogP contribution is 2.41. The van der Waals surface area contributed by atoms with Gasteiger partial charge in [0.15, 0.2) is 0 Å². The maximum atomic E-state index is 10.8. The Bertz CT molecular complexity index is 193. The molecule has 0 heterocycles. The van der Waals surface area contributed by atoms with E-state index in [1.54, 1.807) is 0 Å². The fourth-order valence-electron chi connectivity index (χ4n) is 3.11. The summed E-state index contributed by atoms with van der Waals surface area (Å²) in [4.78, 5) is 10.8. The van der Waals surface area contributed by atoms with E-state index < -0.39 is 0 Å². The summed E-state index contributed by atoms with van der Waals surface area (Å²) in [7, 11) is 0. The molecule has 0 spiro atoms. The largest absolute Gasteiger partial charge is 0.327 e. The lowest BCUT2D eigenvalue weighted by molar-refractivity contribution is -0.113. The minimum Gasteiger partial charge on any atom is -0.327 e. The first kappa shape index (κ1) is 9.20.